The van der Waals surface area contributed by atoms with Gasteiger partial charge in [0.05, 0.1) is 13.7 Å². The van der Waals surface area contributed by atoms with Crippen molar-refractivity contribution in [3.8, 4) is 0 Å². The van der Waals surface area contributed by atoms with Crippen LogP contribution in [-0.4, -0.2) is 42.1 Å². The van der Waals surface area contributed by atoms with Crippen molar-refractivity contribution >= 4 is 40.6 Å². The van der Waals surface area contributed by atoms with E-state index in [9.17, 15) is 14.4 Å². The van der Waals surface area contributed by atoms with Gasteiger partial charge in [-0.3, -0.25) is 9.69 Å². The van der Waals surface area contributed by atoms with Crippen LogP contribution < -0.4 is 5.32 Å². The van der Waals surface area contributed by atoms with Gasteiger partial charge < -0.3 is 14.8 Å². The van der Waals surface area contributed by atoms with Crippen LogP contribution in [0.3, 0.4) is 0 Å². The fraction of sp³-hybridized carbons (Fsp3) is 0.250. The van der Waals surface area contributed by atoms with E-state index in [1.807, 2.05) is 78.9 Å². The second-order valence-electron chi connectivity index (χ2n) is 8.58. The summed E-state index contributed by atoms with van der Waals surface area (Å²) < 4.78 is 11.5. The zero-order chi connectivity index (χ0) is 25.5. The maximum absolute atomic E-state index is 13.5. The third-order valence-electron chi connectivity index (χ3n) is 6.12. The average Bonchev–Trinajstić information content (AvgIpc) is 2.90. The van der Waals surface area contributed by atoms with Crippen LogP contribution in [0.5, 0.6) is 0 Å². The molecule has 0 saturated heterocycles. The van der Waals surface area contributed by atoms with Crippen LogP contribution in [0.25, 0.3) is 0 Å². The number of benzene rings is 3. The molecule has 36 heavy (non-hydrogen) atoms. The molecule has 1 heterocycles. The fourth-order valence-electron chi connectivity index (χ4n) is 4.25. The minimum absolute atomic E-state index is 0.101. The van der Waals surface area contributed by atoms with Gasteiger partial charge in [0.25, 0.3) is 0 Å². The minimum atomic E-state index is -0.889. The van der Waals surface area contributed by atoms with Crippen LogP contribution in [0.4, 0.5) is 4.79 Å². The van der Waals surface area contributed by atoms with Crippen LogP contribution in [0.1, 0.15) is 22.3 Å². The first kappa shape index (κ1) is 25.7. The van der Waals surface area contributed by atoms with Crippen LogP contribution in [0.2, 0.25) is 0 Å². The monoisotopic (exact) mass is 598 g/mol. The van der Waals surface area contributed by atoms with Crippen molar-refractivity contribution in [2.75, 3.05) is 7.11 Å². The minimum Gasteiger partial charge on any atom is -0.467 e. The lowest BCUT2D eigenvalue weighted by atomic mass is 9.93. The van der Waals surface area contributed by atoms with Gasteiger partial charge in [0.2, 0.25) is 5.91 Å². The molecule has 0 radical (unpaired) electrons. The van der Waals surface area contributed by atoms with Gasteiger partial charge in [-0.15, -0.1) is 0 Å². The maximum Gasteiger partial charge on any atom is 0.411 e. The highest BCUT2D eigenvalue weighted by atomic mass is 127. The van der Waals surface area contributed by atoms with Crippen LogP contribution in [-0.2, 0) is 45.1 Å². The predicted octanol–water partition coefficient (Wildman–Crippen LogP) is 4.26. The van der Waals surface area contributed by atoms with Gasteiger partial charge in [0.1, 0.15) is 18.7 Å². The number of ether oxygens (including phenoxy) is 2. The Labute approximate surface area is 223 Å². The van der Waals surface area contributed by atoms with Crippen molar-refractivity contribution in [1.82, 2.24) is 10.2 Å². The largest absolute Gasteiger partial charge is 0.467 e. The molecule has 3 aromatic carbocycles. The zero-order valence-electron chi connectivity index (χ0n) is 19.9. The lowest BCUT2D eigenvalue weighted by Gasteiger charge is -2.35. The molecule has 1 N–H and O–H groups in total. The van der Waals surface area contributed by atoms with Crippen LogP contribution in [0, 0.1) is 3.57 Å². The Morgan fingerprint density at radius 3 is 2.39 bits per heavy atom. The zero-order valence-corrected chi connectivity index (χ0v) is 22.0. The van der Waals surface area contributed by atoms with Gasteiger partial charge >= 0.3 is 12.1 Å². The Kier molecular flexibility index (Phi) is 8.58. The van der Waals surface area contributed by atoms with Crippen molar-refractivity contribution in [1.29, 1.82) is 0 Å². The van der Waals surface area contributed by atoms with E-state index in [1.54, 1.807) is 0 Å². The highest BCUT2D eigenvalue weighted by molar-refractivity contribution is 14.1. The molecule has 2 amide bonds. The summed E-state index contributed by atoms with van der Waals surface area (Å²) in [7, 11) is 1.29. The quantitative estimate of drug-likeness (QED) is 0.325. The maximum atomic E-state index is 13.5. The molecule has 0 fully saturated rings. The highest BCUT2D eigenvalue weighted by Gasteiger charge is 2.37. The molecular weight excluding hydrogens is 571 g/mol. The predicted molar refractivity (Wildman–Crippen MR) is 143 cm³/mol. The van der Waals surface area contributed by atoms with Gasteiger partial charge in [-0.1, -0.05) is 66.7 Å². The smallest absolute Gasteiger partial charge is 0.411 e. The number of rotatable bonds is 7. The summed E-state index contributed by atoms with van der Waals surface area (Å²) in [5.74, 6) is -0.973. The van der Waals surface area contributed by atoms with Gasteiger partial charge in [-0.25, -0.2) is 9.59 Å². The van der Waals surface area contributed by atoms with Crippen LogP contribution in [0.15, 0.2) is 78.9 Å². The molecular formula is C28H27IN2O5. The molecule has 8 heteroatoms. The van der Waals surface area contributed by atoms with Gasteiger partial charge in [-0.05, 0) is 57.0 Å². The molecule has 0 aliphatic carbocycles. The summed E-state index contributed by atoms with van der Waals surface area (Å²) in [5.41, 5.74) is 3.69. The van der Waals surface area contributed by atoms with E-state index in [-0.39, 0.29) is 19.6 Å². The standard InChI is InChI=1S/C28H27IN2O5/c1-35-27(33)24(15-20-10-7-13-23(29)14-20)30-26(32)25-16-21-11-5-6-12-22(21)17-31(25)28(34)36-18-19-8-3-2-4-9-19/h2-14,24-25H,15-18H2,1H3,(H,30,32)/t24-,25+/m1/s1. The number of halogens is 1. The first-order valence-corrected chi connectivity index (χ1v) is 12.7. The number of hydrogen-bond acceptors (Lipinski definition) is 5. The van der Waals surface area contributed by atoms with Crippen LogP contribution >= 0.6 is 22.6 Å². The molecule has 0 saturated carbocycles. The third kappa shape index (κ3) is 6.42. The number of methoxy groups -OCH3 is 1. The first-order chi connectivity index (χ1) is 17.4. The van der Waals surface area contributed by atoms with Crippen molar-refractivity contribution < 1.29 is 23.9 Å². The number of fused-ring (bicyclic) bond motifs is 1. The fourth-order valence-corrected chi connectivity index (χ4v) is 4.86. The SMILES string of the molecule is COC(=O)[C@@H](Cc1cccc(I)c1)NC(=O)[C@@H]1Cc2ccccc2CN1C(=O)OCc1ccccc1. The molecule has 0 unspecified atom stereocenters. The van der Waals surface area contributed by atoms with E-state index in [2.05, 4.69) is 27.9 Å². The molecule has 0 bridgehead atoms. The van der Waals surface area contributed by atoms with E-state index in [0.717, 1.165) is 25.8 Å². The summed E-state index contributed by atoms with van der Waals surface area (Å²) in [6.07, 6.45) is 0.0112. The normalized spacial score (nSPS) is 15.4. The molecule has 1 aliphatic heterocycles. The second-order valence-corrected chi connectivity index (χ2v) is 9.82. The second kappa shape index (κ2) is 12.0. The first-order valence-electron chi connectivity index (χ1n) is 11.6. The van der Waals surface area contributed by atoms with Gasteiger partial charge in [-0.2, -0.15) is 0 Å². The number of hydrogen-bond donors (Lipinski definition) is 1. The molecule has 1 aliphatic rings. The van der Waals surface area contributed by atoms with Crippen molar-refractivity contribution in [2.45, 2.75) is 38.1 Å². The van der Waals surface area contributed by atoms with E-state index >= 15 is 0 Å². The number of nitrogens with zero attached hydrogens (tertiary/aromatic N) is 1. The molecule has 7 nitrogen and oxygen atoms in total. The summed E-state index contributed by atoms with van der Waals surface area (Å²) in [6, 6.07) is 23.1. The third-order valence-corrected chi connectivity index (χ3v) is 6.79. The van der Waals surface area contributed by atoms with E-state index in [4.69, 9.17) is 9.47 Å². The Morgan fingerprint density at radius 1 is 0.972 bits per heavy atom. The number of esters is 1. The highest BCUT2D eigenvalue weighted by Crippen LogP contribution is 2.25. The number of carbonyl (C=O) groups excluding carboxylic acids is 3. The molecule has 2 atom stereocenters. The molecule has 0 spiro atoms. The Hall–Kier alpha value is -3.40. The number of amides is 2. The number of carbonyl (C=O) groups is 3. The molecule has 186 valence electrons. The number of nitrogens with one attached hydrogen (secondary N) is 1. The summed E-state index contributed by atoms with van der Waals surface area (Å²) in [4.78, 5) is 40.6. The lowest BCUT2D eigenvalue weighted by Crippen LogP contribution is -2.56. The molecule has 3 aromatic rings. The molecule has 4 rings (SSSR count). The van der Waals surface area contributed by atoms with E-state index < -0.39 is 30.1 Å². The Balaban J connectivity index is 1.53. The van der Waals surface area contributed by atoms with E-state index in [0.29, 0.717) is 6.42 Å². The summed E-state index contributed by atoms with van der Waals surface area (Å²) in [5, 5.41) is 2.83. The average molecular weight is 598 g/mol. The van der Waals surface area contributed by atoms with E-state index in [1.165, 1.54) is 12.0 Å². The van der Waals surface area contributed by atoms with Gasteiger partial charge in [0.15, 0.2) is 0 Å². The summed E-state index contributed by atoms with van der Waals surface area (Å²) >= 11 is 2.20. The molecule has 0 aromatic heterocycles. The lowest BCUT2D eigenvalue weighted by molar-refractivity contribution is -0.145. The Morgan fingerprint density at radius 2 is 1.67 bits per heavy atom. The van der Waals surface area contributed by atoms with Crippen molar-refractivity contribution in [2.24, 2.45) is 0 Å². The van der Waals surface area contributed by atoms with Crippen molar-refractivity contribution in [3.63, 3.8) is 0 Å². The summed E-state index contributed by atoms with van der Waals surface area (Å²) in [6.45, 7) is 0.339. The topological polar surface area (TPSA) is 84.9 Å². The van der Waals surface area contributed by atoms with Gasteiger partial charge in [0, 0.05) is 16.4 Å². The van der Waals surface area contributed by atoms with Crippen molar-refractivity contribution in [3.05, 3.63) is 105 Å². The Bertz CT molecular complexity index is 1230.